The summed E-state index contributed by atoms with van der Waals surface area (Å²) in [5, 5.41) is 21.4. The number of aliphatic hydroxyl groups is 1. The second-order valence-corrected chi connectivity index (χ2v) is 7.43. The first-order valence-electron chi connectivity index (χ1n) is 9.73. The first kappa shape index (κ1) is 22.2. The molecule has 0 aromatic heterocycles. The number of ether oxygens (including phenoxy) is 2. The van der Waals surface area contributed by atoms with E-state index in [4.69, 9.17) is 9.47 Å². The lowest BCUT2D eigenvalue weighted by Gasteiger charge is -2.27. The smallest absolute Gasteiger partial charge is 0.295 e. The number of ketones is 1. The van der Waals surface area contributed by atoms with Crippen LogP contribution in [0.25, 0.3) is 5.76 Å². The Bertz CT molecular complexity index is 1030. The number of hydrogen-bond acceptors (Lipinski definition) is 7. The molecule has 0 aliphatic carbocycles. The lowest BCUT2D eigenvalue weighted by molar-refractivity contribution is -0.140. The summed E-state index contributed by atoms with van der Waals surface area (Å²) in [5.74, 6) is -1.32. The average Bonchev–Trinajstić information content (AvgIpc) is 3.01. The molecule has 2 aromatic rings. The highest BCUT2D eigenvalue weighted by Gasteiger charge is 2.46. The molecule has 164 valence electrons. The summed E-state index contributed by atoms with van der Waals surface area (Å²) in [5.41, 5.74) is 0.726. The number of benzene rings is 2. The van der Waals surface area contributed by atoms with Gasteiger partial charge in [-0.25, -0.2) is 0 Å². The third-order valence-corrected chi connectivity index (χ3v) is 5.21. The van der Waals surface area contributed by atoms with Gasteiger partial charge in [0.2, 0.25) is 0 Å². The van der Waals surface area contributed by atoms with Crippen LogP contribution in [0.1, 0.15) is 17.2 Å². The highest BCUT2D eigenvalue weighted by atomic mass is 16.5. The second-order valence-electron chi connectivity index (χ2n) is 7.43. The molecule has 0 spiro atoms. The quantitative estimate of drug-likeness (QED) is 0.398. The normalized spacial score (nSPS) is 18.0. The number of hydrogen-bond donors (Lipinski definition) is 2. The molecule has 1 heterocycles. The Morgan fingerprint density at radius 3 is 2.35 bits per heavy atom. The summed E-state index contributed by atoms with van der Waals surface area (Å²) in [6.45, 7) is 0.776. The topological polar surface area (TPSA) is 99.5 Å². The van der Waals surface area contributed by atoms with Crippen molar-refractivity contribution in [3.8, 4) is 17.2 Å². The van der Waals surface area contributed by atoms with E-state index in [1.807, 2.05) is 19.0 Å². The number of carbonyl (C=O) groups excluding carboxylic acids is 2. The maximum atomic E-state index is 13.0. The third kappa shape index (κ3) is 4.20. The third-order valence-electron chi connectivity index (χ3n) is 5.21. The molecule has 0 saturated carbocycles. The fourth-order valence-electron chi connectivity index (χ4n) is 3.63. The predicted molar refractivity (Wildman–Crippen MR) is 115 cm³/mol. The maximum Gasteiger partial charge on any atom is 0.295 e. The standard InChI is InChI=1S/C23H26N2O6/c1-24(2)11-12-25-20(14-9-10-18(31-4)16(26)13-14)19(22(28)23(25)29)21(27)15-7-5-6-8-17(15)30-3/h5-10,13,20,26-27H,11-12H2,1-4H3/b21-19-. The minimum Gasteiger partial charge on any atom is -0.507 e. The van der Waals surface area contributed by atoms with E-state index in [2.05, 4.69) is 0 Å². The van der Waals surface area contributed by atoms with Crippen LogP contribution in [0.4, 0.5) is 0 Å². The van der Waals surface area contributed by atoms with Gasteiger partial charge in [-0.2, -0.15) is 0 Å². The molecule has 1 aliphatic heterocycles. The monoisotopic (exact) mass is 426 g/mol. The Kier molecular flexibility index (Phi) is 6.50. The SMILES string of the molecule is COc1ccc(C2/C(=C(/O)c3ccccc3OC)C(=O)C(=O)N2CCN(C)C)cc1O. The highest BCUT2D eigenvalue weighted by Crippen LogP contribution is 2.42. The maximum absolute atomic E-state index is 13.0. The zero-order chi connectivity index (χ0) is 22.7. The minimum absolute atomic E-state index is 0.0576. The van der Waals surface area contributed by atoms with Crippen LogP contribution in [0.2, 0.25) is 0 Å². The molecular formula is C23H26N2O6. The average molecular weight is 426 g/mol. The van der Waals surface area contributed by atoms with Gasteiger partial charge in [0, 0.05) is 13.1 Å². The summed E-state index contributed by atoms with van der Waals surface area (Å²) >= 11 is 0. The second kappa shape index (κ2) is 9.09. The molecule has 1 aliphatic rings. The van der Waals surface area contributed by atoms with Crippen LogP contribution in [0.3, 0.4) is 0 Å². The summed E-state index contributed by atoms with van der Waals surface area (Å²) in [4.78, 5) is 29.2. The summed E-state index contributed by atoms with van der Waals surface area (Å²) in [7, 11) is 6.61. The molecule has 0 bridgehead atoms. The summed E-state index contributed by atoms with van der Waals surface area (Å²) in [6.07, 6.45) is 0. The largest absolute Gasteiger partial charge is 0.507 e. The molecule has 2 aromatic carbocycles. The van der Waals surface area contributed by atoms with Crippen LogP contribution in [0.15, 0.2) is 48.0 Å². The fourth-order valence-corrected chi connectivity index (χ4v) is 3.63. The number of phenolic OH excluding ortho intramolecular Hbond substituents is 1. The first-order valence-corrected chi connectivity index (χ1v) is 9.73. The Morgan fingerprint density at radius 2 is 1.74 bits per heavy atom. The van der Waals surface area contributed by atoms with Gasteiger partial charge in [-0.3, -0.25) is 9.59 Å². The molecule has 8 heteroatoms. The van der Waals surface area contributed by atoms with E-state index in [-0.39, 0.29) is 29.4 Å². The van der Waals surface area contributed by atoms with Crippen molar-refractivity contribution in [3.63, 3.8) is 0 Å². The Labute approximate surface area is 180 Å². The molecule has 3 rings (SSSR count). The number of Topliss-reactive ketones (excluding diaryl/α,β-unsaturated/α-hetero) is 1. The van der Waals surface area contributed by atoms with Gasteiger partial charge >= 0.3 is 0 Å². The number of likely N-dealkylation sites (N-methyl/N-ethyl adjacent to an activating group) is 1. The number of phenols is 1. The van der Waals surface area contributed by atoms with Crippen molar-refractivity contribution in [1.29, 1.82) is 0 Å². The number of methoxy groups -OCH3 is 2. The Hall–Kier alpha value is -3.52. The molecule has 1 unspecified atom stereocenters. The van der Waals surface area contributed by atoms with Crippen LogP contribution >= 0.6 is 0 Å². The number of likely N-dealkylation sites (tertiary alicyclic amines) is 1. The van der Waals surface area contributed by atoms with Crippen LogP contribution in [0, 0.1) is 0 Å². The van der Waals surface area contributed by atoms with Crippen molar-refractivity contribution < 1.29 is 29.3 Å². The van der Waals surface area contributed by atoms with Gasteiger partial charge in [0.05, 0.1) is 31.4 Å². The predicted octanol–water partition coefficient (Wildman–Crippen LogP) is 2.39. The molecule has 1 saturated heterocycles. The molecule has 8 nitrogen and oxygen atoms in total. The van der Waals surface area contributed by atoms with E-state index in [9.17, 15) is 19.8 Å². The van der Waals surface area contributed by atoms with E-state index in [0.29, 0.717) is 23.4 Å². The van der Waals surface area contributed by atoms with Gasteiger partial charge in [-0.15, -0.1) is 0 Å². The number of rotatable bonds is 7. The number of nitrogens with zero attached hydrogens (tertiary/aromatic N) is 2. The van der Waals surface area contributed by atoms with Gasteiger partial charge in [-0.05, 0) is 43.9 Å². The van der Waals surface area contributed by atoms with E-state index < -0.39 is 17.7 Å². The van der Waals surface area contributed by atoms with Crippen LogP contribution in [-0.2, 0) is 9.59 Å². The zero-order valence-corrected chi connectivity index (χ0v) is 18.0. The molecular weight excluding hydrogens is 400 g/mol. The molecule has 2 N–H and O–H groups in total. The Balaban J connectivity index is 2.20. The van der Waals surface area contributed by atoms with Gasteiger partial charge < -0.3 is 29.5 Å². The van der Waals surface area contributed by atoms with Gasteiger partial charge in [0.15, 0.2) is 11.5 Å². The van der Waals surface area contributed by atoms with Crippen molar-refractivity contribution in [1.82, 2.24) is 9.80 Å². The molecule has 1 atom stereocenters. The highest BCUT2D eigenvalue weighted by molar-refractivity contribution is 6.46. The fraction of sp³-hybridized carbons (Fsp3) is 0.304. The molecule has 31 heavy (non-hydrogen) atoms. The Morgan fingerprint density at radius 1 is 1.06 bits per heavy atom. The lowest BCUT2D eigenvalue weighted by atomic mass is 9.94. The van der Waals surface area contributed by atoms with E-state index in [1.165, 1.54) is 25.2 Å². The van der Waals surface area contributed by atoms with E-state index >= 15 is 0 Å². The van der Waals surface area contributed by atoms with E-state index in [1.54, 1.807) is 36.4 Å². The zero-order valence-electron chi connectivity index (χ0n) is 18.0. The number of aromatic hydroxyl groups is 1. The minimum atomic E-state index is -0.873. The van der Waals surface area contributed by atoms with Crippen molar-refractivity contribution in [3.05, 3.63) is 59.2 Å². The number of aliphatic hydroxyl groups excluding tert-OH is 1. The summed E-state index contributed by atoms with van der Waals surface area (Å²) in [6, 6.07) is 10.5. The lowest BCUT2D eigenvalue weighted by Crippen LogP contribution is -2.35. The first-order chi connectivity index (χ1) is 14.8. The number of para-hydroxylation sites is 1. The molecule has 1 fully saturated rings. The number of carbonyl (C=O) groups is 2. The molecule has 1 amide bonds. The van der Waals surface area contributed by atoms with Gasteiger partial charge in [-0.1, -0.05) is 18.2 Å². The van der Waals surface area contributed by atoms with Crippen LogP contribution in [0.5, 0.6) is 17.2 Å². The van der Waals surface area contributed by atoms with Crippen LogP contribution < -0.4 is 9.47 Å². The van der Waals surface area contributed by atoms with Gasteiger partial charge in [0.25, 0.3) is 11.7 Å². The van der Waals surface area contributed by atoms with Crippen molar-refractivity contribution in [2.45, 2.75) is 6.04 Å². The van der Waals surface area contributed by atoms with Crippen molar-refractivity contribution in [2.75, 3.05) is 41.4 Å². The molecule has 0 radical (unpaired) electrons. The van der Waals surface area contributed by atoms with Crippen LogP contribution in [-0.4, -0.2) is 73.1 Å². The van der Waals surface area contributed by atoms with Gasteiger partial charge in [0.1, 0.15) is 11.5 Å². The van der Waals surface area contributed by atoms with Crippen molar-refractivity contribution in [2.24, 2.45) is 0 Å². The van der Waals surface area contributed by atoms with E-state index in [0.717, 1.165) is 0 Å². The number of amides is 1. The van der Waals surface area contributed by atoms with Crippen molar-refractivity contribution >= 4 is 17.4 Å². The summed E-state index contributed by atoms with van der Waals surface area (Å²) < 4.78 is 10.4.